The highest BCUT2D eigenvalue weighted by Crippen LogP contribution is 2.58. The maximum absolute atomic E-state index is 10.2. The van der Waals surface area contributed by atoms with Crippen molar-refractivity contribution < 1.29 is 5.11 Å². The first kappa shape index (κ1) is 18.1. The van der Waals surface area contributed by atoms with Crippen molar-refractivity contribution in [2.75, 3.05) is 0 Å². The van der Waals surface area contributed by atoms with Crippen molar-refractivity contribution in [3.63, 3.8) is 0 Å². The van der Waals surface area contributed by atoms with Gasteiger partial charge in [0.15, 0.2) is 0 Å². The zero-order chi connectivity index (χ0) is 16.2. The van der Waals surface area contributed by atoms with Crippen LogP contribution in [0.4, 0.5) is 0 Å². The molecule has 0 aromatic carbocycles. The van der Waals surface area contributed by atoms with Crippen molar-refractivity contribution >= 4 is 15.9 Å². The molecule has 0 aromatic rings. The summed E-state index contributed by atoms with van der Waals surface area (Å²) in [6, 6.07) is 0. The maximum Gasteiger partial charge on any atom is 0.125 e. The molecule has 2 rings (SSSR count). The number of rotatable bonds is 4. The fraction of sp³-hybridized carbons (Fsp3) is 0.800. The Morgan fingerprint density at radius 1 is 1.36 bits per heavy atom. The van der Waals surface area contributed by atoms with Crippen LogP contribution < -0.4 is 0 Å². The SMILES string of the molecule is CCC(O)(C#CCC[C@H]1CCC2/C(=C/Br)CCCC21C)CC. The third kappa shape index (κ3) is 3.62. The molecule has 0 bridgehead atoms. The third-order valence-electron chi connectivity index (χ3n) is 6.41. The summed E-state index contributed by atoms with van der Waals surface area (Å²) < 4.78 is 0. The zero-order valence-electron chi connectivity index (χ0n) is 14.4. The highest BCUT2D eigenvalue weighted by molar-refractivity contribution is 9.11. The van der Waals surface area contributed by atoms with Crippen molar-refractivity contribution in [3.8, 4) is 11.8 Å². The Balaban J connectivity index is 1.96. The lowest BCUT2D eigenvalue weighted by molar-refractivity contribution is 0.0929. The molecule has 0 radical (unpaired) electrons. The van der Waals surface area contributed by atoms with E-state index >= 15 is 0 Å². The minimum atomic E-state index is -0.765. The van der Waals surface area contributed by atoms with E-state index in [1.807, 2.05) is 13.8 Å². The van der Waals surface area contributed by atoms with E-state index in [4.69, 9.17) is 0 Å². The summed E-state index contributed by atoms with van der Waals surface area (Å²) in [6.07, 6.45) is 10.2. The summed E-state index contributed by atoms with van der Waals surface area (Å²) in [5.41, 5.74) is 1.35. The van der Waals surface area contributed by atoms with E-state index in [1.165, 1.54) is 38.5 Å². The van der Waals surface area contributed by atoms with E-state index < -0.39 is 5.60 Å². The van der Waals surface area contributed by atoms with Crippen LogP contribution in [0, 0.1) is 29.1 Å². The molecule has 2 unspecified atom stereocenters. The van der Waals surface area contributed by atoms with Gasteiger partial charge in [0, 0.05) is 6.42 Å². The predicted octanol–water partition coefficient (Wildman–Crippen LogP) is 5.82. The second-order valence-corrected chi connectivity index (χ2v) is 7.91. The lowest BCUT2D eigenvalue weighted by atomic mass is 9.63. The standard InChI is InChI=1S/C20H31BrO/c1-4-20(22,5-2)14-7-6-10-17-11-12-18-16(15-21)9-8-13-19(17,18)3/h15,17-18,22H,4-6,8-13H2,1-3H3/b16-15+/t17-,18?,19?/m0/s1. The average molecular weight is 367 g/mol. The summed E-state index contributed by atoms with van der Waals surface area (Å²) in [6.45, 7) is 6.53. The molecule has 0 amide bonds. The first-order valence-corrected chi connectivity index (χ1v) is 9.92. The smallest absolute Gasteiger partial charge is 0.125 e. The molecule has 0 saturated heterocycles. The van der Waals surface area contributed by atoms with Gasteiger partial charge in [-0.15, -0.1) is 5.92 Å². The van der Waals surface area contributed by atoms with Gasteiger partial charge in [-0.25, -0.2) is 0 Å². The minimum Gasteiger partial charge on any atom is -0.378 e. The average Bonchev–Trinajstić information content (AvgIpc) is 2.87. The summed E-state index contributed by atoms with van der Waals surface area (Å²) in [7, 11) is 0. The van der Waals surface area contributed by atoms with Crippen molar-refractivity contribution in [1.29, 1.82) is 0 Å². The van der Waals surface area contributed by atoms with E-state index in [-0.39, 0.29) is 0 Å². The monoisotopic (exact) mass is 366 g/mol. The molecule has 2 aliphatic rings. The van der Waals surface area contributed by atoms with Gasteiger partial charge in [-0.1, -0.05) is 48.2 Å². The molecule has 22 heavy (non-hydrogen) atoms. The number of hydrogen-bond donors (Lipinski definition) is 1. The molecule has 0 spiro atoms. The van der Waals surface area contributed by atoms with Crippen molar-refractivity contribution in [2.24, 2.45) is 17.3 Å². The normalized spacial score (nSPS) is 33.4. The van der Waals surface area contributed by atoms with Crippen LogP contribution in [0.1, 0.15) is 78.6 Å². The topological polar surface area (TPSA) is 20.2 Å². The molecule has 124 valence electrons. The Labute approximate surface area is 145 Å². The maximum atomic E-state index is 10.2. The molecule has 1 N–H and O–H groups in total. The zero-order valence-corrected chi connectivity index (χ0v) is 16.0. The van der Waals surface area contributed by atoms with E-state index in [2.05, 4.69) is 39.7 Å². The highest BCUT2D eigenvalue weighted by atomic mass is 79.9. The first-order chi connectivity index (χ1) is 10.5. The van der Waals surface area contributed by atoms with Crippen LogP contribution in [0.25, 0.3) is 0 Å². The molecule has 2 aliphatic carbocycles. The first-order valence-electron chi connectivity index (χ1n) is 9.00. The van der Waals surface area contributed by atoms with Gasteiger partial charge >= 0.3 is 0 Å². The van der Waals surface area contributed by atoms with Crippen LogP contribution in [-0.2, 0) is 0 Å². The molecule has 2 fully saturated rings. The van der Waals surface area contributed by atoms with Gasteiger partial charge in [0.05, 0.1) is 0 Å². The van der Waals surface area contributed by atoms with Gasteiger partial charge in [0.25, 0.3) is 0 Å². The van der Waals surface area contributed by atoms with Crippen LogP contribution in [0.3, 0.4) is 0 Å². The van der Waals surface area contributed by atoms with Gasteiger partial charge < -0.3 is 5.11 Å². The Hall–Kier alpha value is -0.260. The highest BCUT2D eigenvalue weighted by Gasteiger charge is 2.48. The summed E-state index contributed by atoms with van der Waals surface area (Å²) in [5, 5.41) is 10.2. The van der Waals surface area contributed by atoms with Gasteiger partial charge in [0.1, 0.15) is 5.60 Å². The fourth-order valence-electron chi connectivity index (χ4n) is 4.65. The van der Waals surface area contributed by atoms with Crippen LogP contribution in [0.5, 0.6) is 0 Å². The second kappa shape index (κ2) is 7.54. The van der Waals surface area contributed by atoms with Crippen LogP contribution in [0.15, 0.2) is 10.6 Å². The largest absolute Gasteiger partial charge is 0.378 e. The van der Waals surface area contributed by atoms with E-state index in [0.29, 0.717) is 5.41 Å². The van der Waals surface area contributed by atoms with Gasteiger partial charge in [0.2, 0.25) is 0 Å². The van der Waals surface area contributed by atoms with Crippen LogP contribution in [-0.4, -0.2) is 10.7 Å². The molecule has 2 saturated carbocycles. The van der Waals surface area contributed by atoms with Crippen molar-refractivity contribution in [1.82, 2.24) is 0 Å². The van der Waals surface area contributed by atoms with Gasteiger partial charge in [-0.05, 0) is 73.6 Å². The molecule has 1 nitrogen and oxygen atoms in total. The third-order valence-corrected chi connectivity index (χ3v) is 7.00. The Morgan fingerprint density at radius 3 is 2.73 bits per heavy atom. The number of allylic oxidation sites excluding steroid dienone is 1. The molecule has 2 heteroatoms. The Morgan fingerprint density at radius 2 is 2.09 bits per heavy atom. The second-order valence-electron chi connectivity index (χ2n) is 7.45. The van der Waals surface area contributed by atoms with E-state index in [0.717, 1.165) is 31.1 Å². The van der Waals surface area contributed by atoms with Crippen LogP contribution in [0.2, 0.25) is 0 Å². The quantitative estimate of drug-likeness (QED) is 0.621. The van der Waals surface area contributed by atoms with Crippen molar-refractivity contribution in [2.45, 2.75) is 84.2 Å². The Kier molecular flexibility index (Phi) is 6.20. The molecule has 0 aromatic heterocycles. The number of aliphatic hydroxyl groups is 1. The molecular formula is C20H31BrO. The fourth-order valence-corrected chi connectivity index (χ4v) is 5.20. The van der Waals surface area contributed by atoms with Gasteiger partial charge in [-0.2, -0.15) is 0 Å². The summed E-state index contributed by atoms with van der Waals surface area (Å²) in [4.78, 5) is 2.19. The lowest BCUT2D eigenvalue weighted by Gasteiger charge is -2.42. The number of fused-ring (bicyclic) bond motifs is 1. The van der Waals surface area contributed by atoms with Gasteiger partial charge in [-0.3, -0.25) is 0 Å². The Bertz CT molecular complexity index is 466. The minimum absolute atomic E-state index is 0.478. The lowest BCUT2D eigenvalue weighted by Crippen LogP contribution is -2.33. The van der Waals surface area contributed by atoms with Crippen molar-refractivity contribution in [3.05, 3.63) is 10.6 Å². The molecule has 0 aliphatic heterocycles. The molecular weight excluding hydrogens is 336 g/mol. The molecule has 0 heterocycles. The van der Waals surface area contributed by atoms with E-state index in [1.54, 1.807) is 5.57 Å². The van der Waals surface area contributed by atoms with E-state index in [9.17, 15) is 5.11 Å². The summed E-state index contributed by atoms with van der Waals surface area (Å²) >= 11 is 3.58. The van der Waals surface area contributed by atoms with Crippen LogP contribution >= 0.6 is 15.9 Å². The predicted molar refractivity (Wildman–Crippen MR) is 97.7 cm³/mol. The molecule has 3 atom stereocenters. The summed E-state index contributed by atoms with van der Waals surface area (Å²) in [5.74, 6) is 7.96. The number of hydrogen-bond acceptors (Lipinski definition) is 1. The number of halogens is 1.